The van der Waals surface area contributed by atoms with Gasteiger partial charge in [-0.3, -0.25) is 0 Å². The fourth-order valence-electron chi connectivity index (χ4n) is 1.68. The lowest BCUT2D eigenvalue weighted by molar-refractivity contribution is 0.540. The Morgan fingerprint density at radius 2 is 1.57 bits per heavy atom. The first-order chi connectivity index (χ1) is 9.72. The van der Waals surface area contributed by atoms with Gasteiger partial charge in [0.2, 0.25) is 10.0 Å². The number of nitrogens with two attached hydrogens (primary N) is 1. The van der Waals surface area contributed by atoms with Crippen molar-refractivity contribution in [2.75, 3.05) is 24.1 Å². The van der Waals surface area contributed by atoms with Gasteiger partial charge in [-0.2, -0.15) is 0 Å². The first-order valence-electron chi connectivity index (χ1n) is 7.31. The van der Waals surface area contributed by atoms with E-state index < -0.39 is 14.8 Å². The Labute approximate surface area is 128 Å². The van der Waals surface area contributed by atoms with E-state index in [-0.39, 0.29) is 0 Å². The average molecular weight is 313 g/mol. The van der Waals surface area contributed by atoms with Crippen molar-refractivity contribution in [1.82, 2.24) is 4.72 Å². The molecule has 5 nitrogen and oxygen atoms in total. The molecule has 0 spiro atoms. The Bertz CT molecular complexity index is 519. The monoisotopic (exact) mass is 313 g/mol. The van der Waals surface area contributed by atoms with Crippen molar-refractivity contribution in [2.24, 2.45) is 0 Å². The van der Waals surface area contributed by atoms with Crippen LogP contribution < -0.4 is 15.8 Å². The average Bonchev–Trinajstić information content (AvgIpc) is 2.38. The molecule has 0 unspecified atom stereocenters. The lowest BCUT2D eigenvalue weighted by Gasteiger charge is -2.19. The Hall–Kier alpha value is -1.27. The van der Waals surface area contributed by atoms with Gasteiger partial charge in [0.25, 0.3) is 0 Å². The second kappa shape index (κ2) is 7.66. The van der Waals surface area contributed by atoms with Gasteiger partial charge in [0.15, 0.2) is 0 Å². The predicted molar refractivity (Wildman–Crippen MR) is 89.9 cm³/mol. The van der Waals surface area contributed by atoms with E-state index in [0.29, 0.717) is 6.54 Å². The summed E-state index contributed by atoms with van der Waals surface area (Å²) in [4.78, 5) is 0. The molecule has 0 aliphatic carbocycles. The van der Waals surface area contributed by atoms with Gasteiger partial charge in [-0.05, 0) is 57.9 Å². The Morgan fingerprint density at radius 1 is 1.00 bits per heavy atom. The molecule has 0 amide bonds. The largest absolute Gasteiger partial charge is 0.399 e. The molecule has 0 saturated heterocycles. The summed E-state index contributed by atoms with van der Waals surface area (Å²) in [5, 5.41) is 3.31. The van der Waals surface area contributed by atoms with Crippen LogP contribution in [0, 0.1) is 0 Å². The van der Waals surface area contributed by atoms with E-state index >= 15 is 0 Å². The zero-order chi connectivity index (χ0) is 15.9. The van der Waals surface area contributed by atoms with E-state index in [1.165, 1.54) is 0 Å². The third-order valence-electron chi connectivity index (χ3n) is 3.19. The van der Waals surface area contributed by atoms with Crippen LogP contribution in [0.4, 0.5) is 11.4 Å². The molecule has 0 aliphatic rings. The zero-order valence-corrected chi connectivity index (χ0v) is 14.0. The highest BCUT2D eigenvalue weighted by atomic mass is 32.2. The van der Waals surface area contributed by atoms with Crippen LogP contribution in [0.15, 0.2) is 24.3 Å². The van der Waals surface area contributed by atoms with Gasteiger partial charge >= 0.3 is 0 Å². The molecule has 120 valence electrons. The fourth-order valence-corrected chi connectivity index (χ4v) is 2.53. The zero-order valence-electron chi connectivity index (χ0n) is 13.1. The summed E-state index contributed by atoms with van der Waals surface area (Å²) in [5.41, 5.74) is 7.43. The Morgan fingerprint density at radius 3 is 2.14 bits per heavy atom. The van der Waals surface area contributed by atoms with Crippen LogP contribution in [0.5, 0.6) is 0 Å². The van der Waals surface area contributed by atoms with Gasteiger partial charge in [0, 0.05) is 24.5 Å². The van der Waals surface area contributed by atoms with Crippen LogP contribution in [-0.4, -0.2) is 26.3 Å². The Balaban J connectivity index is 2.12. The highest BCUT2D eigenvalue weighted by Crippen LogP contribution is 2.13. The normalized spacial score (nSPS) is 12.3. The SMILES string of the molecule is CC(C)(C)S(=O)(=O)NCCCCCNc1ccc(N)cc1. The first-order valence-corrected chi connectivity index (χ1v) is 8.79. The maximum Gasteiger partial charge on any atom is 0.216 e. The van der Waals surface area contributed by atoms with E-state index in [0.717, 1.165) is 37.2 Å². The molecule has 6 heteroatoms. The van der Waals surface area contributed by atoms with Crippen LogP contribution >= 0.6 is 0 Å². The van der Waals surface area contributed by atoms with Gasteiger partial charge < -0.3 is 11.1 Å². The highest BCUT2D eigenvalue weighted by molar-refractivity contribution is 7.90. The minimum Gasteiger partial charge on any atom is -0.399 e. The molecular weight excluding hydrogens is 286 g/mol. The van der Waals surface area contributed by atoms with Crippen molar-refractivity contribution >= 4 is 21.4 Å². The van der Waals surface area contributed by atoms with Gasteiger partial charge in [0.1, 0.15) is 0 Å². The molecule has 0 saturated carbocycles. The number of hydrogen-bond acceptors (Lipinski definition) is 4. The number of nitrogens with one attached hydrogen (secondary N) is 2. The molecule has 0 aliphatic heterocycles. The molecule has 21 heavy (non-hydrogen) atoms. The molecule has 0 heterocycles. The number of nitrogen functional groups attached to an aromatic ring is 1. The fraction of sp³-hybridized carbons (Fsp3) is 0.600. The predicted octanol–water partition coefficient (Wildman–Crippen LogP) is 2.57. The molecule has 0 bridgehead atoms. The second-order valence-corrected chi connectivity index (χ2v) is 8.64. The third-order valence-corrected chi connectivity index (χ3v) is 5.39. The van der Waals surface area contributed by atoms with Crippen LogP contribution in [0.2, 0.25) is 0 Å². The van der Waals surface area contributed by atoms with Crippen molar-refractivity contribution in [3.8, 4) is 0 Å². The van der Waals surface area contributed by atoms with Crippen LogP contribution in [0.25, 0.3) is 0 Å². The topological polar surface area (TPSA) is 84.2 Å². The van der Waals surface area contributed by atoms with Crippen LogP contribution in [0.1, 0.15) is 40.0 Å². The molecule has 1 rings (SSSR count). The molecule has 1 aromatic rings. The maximum absolute atomic E-state index is 11.8. The minimum atomic E-state index is -3.22. The summed E-state index contributed by atoms with van der Waals surface area (Å²) in [6.45, 7) is 6.47. The van der Waals surface area contributed by atoms with Crippen molar-refractivity contribution in [3.05, 3.63) is 24.3 Å². The van der Waals surface area contributed by atoms with Crippen LogP contribution in [0.3, 0.4) is 0 Å². The minimum absolute atomic E-state index is 0.501. The molecule has 0 radical (unpaired) electrons. The summed E-state index contributed by atoms with van der Waals surface area (Å²) < 4.78 is 25.5. The molecule has 0 atom stereocenters. The van der Waals surface area contributed by atoms with E-state index in [4.69, 9.17) is 5.73 Å². The quantitative estimate of drug-likeness (QED) is 0.509. The van der Waals surface area contributed by atoms with E-state index in [1.807, 2.05) is 24.3 Å². The maximum atomic E-state index is 11.8. The molecule has 1 aromatic carbocycles. The van der Waals surface area contributed by atoms with E-state index in [1.54, 1.807) is 20.8 Å². The third kappa shape index (κ3) is 6.35. The molecular formula is C15H27N3O2S. The standard InChI is InChI=1S/C15H27N3O2S/c1-15(2,3)21(19,20)18-12-6-4-5-11-17-14-9-7-13(16)8-10-14/h7-10,17-18H,4-6,11-12,16H2,1-3H3. The summed E-state index contributed by atoms with van der Waals surface area (Å²) in [7, 11) is -3.22. The van der Waals surface area contributed by atoms with Gasteiger partial charge in [0.05, 0.1) is 4.75 Å². The number of unbranched alkanes of at least 4 members (excludes halogenated alkanes) is 2. The molecule has 0 fully saturated rings. The molecule has 4 N–H and O–H groups in total. The van der Waals surface area contributed by atoms with Gasteiger partial charge in [-0.15, -0.1) is 0 Å². The van der Waals surface area contributed by atoms with Crippen molar-refractivity contribution < 1.29 is 8.42 Å². The van der Waals surface area contributed by atoms with Crippen LogP contribution in [-0.2, 0) is 10.0 Å². The van der Waals surface area contributed by atoms with E-state index in [2.05, 4.69) is 10.0 Å². The number of hydrogen-bond donors (Lipinski definition) is 3. The second-order valence-electron chi connectivity index (χ2n) is 6.12. The van der Waals surface area contributed by atoms with Gasteiger partial charge in [-0.25, -0.2) is 13.1 Å². The number of rotatable bonds is 8. The summed E-state index contributed by atoms with van der Waals surface area (Å²) in [6, 6.07) is 7.63. The number of benzene rings is 1. The Kier molecular flexibility index (Phi) is 6.48. The lowest BCUT2D eigenvalue weighted by Crippen LogP contribution is -2.39. The highest BCUT2D eigenvalue weighted by Gasteiger charge is 2.27. The molecule has 0 aromatic heterocycles. The lowest BCUT2D eigenvalue weighted by atomic mass is 10.2. The first kappa shape index (κ1) is 17.8. The van der Waals surface area contributed by atoms with E-state index in [9.17, 15) is 8.42 Å². The summed E-state index contributed by atoms with van der Waals surface area (Å²) in [5.74, 6) is 0. The van der Waals surface area contributed by atoms with Crippen molar-refractivity contribution in [1.29, 1.82) is 0 Å². The summed E-state index contributed by atoms with van der Waals surface area (Å²) >= 11 is 0. The van der Waals surface area contributed by atoms with Crippen molar-refractivity contribution in [2.45, 2.75) is 44.8 Å². The van der Waals surface area contributed by atoms with Gasteiger partial charge in [-0.1, -0.05) is 6.42 Å². The number of sulfonamides is 1. The van der Waals surface area contributed by atoms with Crippen molar-refractivity contribution in [3.63, 3.8) is 0 Å². The number of anilines is 2. The smallest absolute Gasteiger partial charge is 0.216 e. The summed E-state index contributed by atoms with van der Waals surface area (Å²) in [6.07, 6.45) is 2.83.